The zero-order valence-electron chi connectivity index (χ0n) is 9.66. The summed E-state index contributed by atoms with van der Waals surface area (Å²) in [4.78, 5) is 13.2. The minimum Gasteiger partial charge on any atom is -0.461 e. The number of thiophene rings is 1. The van der Waals surface area contributed by atoms with Crippen LogP contribution in [0.5, 0.6) is 0 Å². The topological polar surface area (TPSA) is 76.1 Å². The number of nitrogens with zero attached hydrogens (tertiary/aromatic N) is 1. The Labute approximate surface area is 104 Å². The summed E-state index contributed by atoms with van der Waals surface area (Å²) in [6.07, 6.45) is 2.41. The van der Waals surface area contributed by atoms with E-state index >= 15 is 0 Å². The summed E-state index contributed by atoms with van der Waals surface area (Å²) in [5, 5.41) is 8.66. The first-order chi connectivity index (χ1) is 8.06. The minimum atomic E-state index is -0.334. The van der Waals surface area contributed by atoms with Crippen LogP contribution < -0.4 is 5.73 Å². The van der Waals surface area contributed by atoms with Gasteiger partial charge in [-0.2, -0.15) is 5.26 Å². The van der Waals surface area contributed by atoms with Crippen LogP contribution in [0.15, 0.2) is 6.07 Å². The van der Waals surface area contributed by atoms with Crippen molar-refractivity contribution in [1.82, 2.24) is 0 Å². The van der Waals surface area contributed by atoms with Crippen LogP contribution >= 0.6 is 11.3 Å². The van der Waals surface area contributed by atoms with Crippen molar-refractivity contribution >= 4 is 23.0 Å². The van der Waals surface area contributed by atoms with E-state index in [1.807, 2.05) is 6.92 Å². The van der Waals surface area contributed by atoms with Crippen molar-refractivity contribution in [3.05, 3.63) is 15.8 Å². The number of nitrogens with two attached hydrogens (primary N) is 1. The van der Waals surface area contributed by atoms with Crippen LogP contribution in [0.2, 0.25) is 0 Å². The number of hydrogen-bond acceptors (Lipinski definition) is 5. The number of esters is 1. The lowest BCUT2D eigenvalue weighted by atomic mass is 10.1. The van der Waals surface area contributed by atoms with Crippen molar-refractivity contribution in [1.29, 1.82) is 5.26 Å². The zero-order valence-corrected chi connectivity index (χ0v) is 10.5. The normalized spacial score (nSPS) is 16.2. The van der Waals surface area contributed by atoms with Crippen LogP contribution in [0.4, 0.5) is 5.69 Å². The summed E-state index contributed by atoms with van der Waals surface area (Å²) in [6, 6.07) is 3.78. The van der Waals surface area contributed by atoms with Crippen LogP contribution in [-0.2, 0) is 4.74 Å². The molecule has 1 saturated carbocycles. The Morgan fingerprint density at radius 3 is 2.88 bits per heavy atom. The van der Waals surface area contributed by atoms with Gasteiger partial charge in [-0.05, 0) is 25.8 Å². The van der Waals surface area contributed by atoms with E-state index in [2.05, 4.69) is 6.07 Å². The molecule has 0 aromatic carbocycles. The van der Waals surface area contributed by atoms with E-state index in [1.165, 1.54) is 11.3 Å². The Kier molecular flexibility index (Phi) is 3.07. The predicted molar refractivity (Wildman–Crippen MR) is 65.6 cm³/mol. The summed E-state index contributed by atoms with van der Waals surface area (Å²) >= 11 is 1.34. The molecule has 0 aliphatic heterocycles. The van der Waals surface area contributed by atoms with Crippen molar-refractivity contribution in [3.63, 3.8) is 0 Å². The van der Waals surface area contributed by atoms with Gasteiger partial charge < -0.3 is 10.5 Å². The minimum absolute atomic E-state index is 0.0672. The number of carbonyl (C=O) groups is 1. The Morgan fingerprint density at radius 2 is 2.41 bits per heavy atom. The third-order valence-corrected chi connectivity index (χ3v) is 4.12. The lowest BCUT2D eigenvalue weighted by molar-refractivity contribution is 0.0425. The number of ether oxygens (including phenoxy) is 1. The van der Waals surface area contributed by atoms with Crippen molar-refractivity contribution in [2.24, 2.45) is 5.41 Å². The molecule has 1 aliphatic carbocycles. The van der Waals surface area contributed by atoms with Gasteiger partial charge in [0.15, 0.2) is 0 Å². The molecule has 90 valence electrons. The van der Waals surface area contributed by atoms with Crippen molar-refractivity contribution in [2.45, 2.75) is 26.2 Å². The Balaban J connectivity index is 1.92. The number of nitrogen functional groups attached to an aromatic ring is 1. The highest BCUT2D eigenvalue weighted by atomic mass is 32.1. The fraction of sp³-hybridized carbons (Fsp3) is 0.500. The quantitative estimate of drug-likeness (QED) is 0.833. The van der Waals surface area contributed by atoms with E-state index in [0.717, 1.165) is 17.7 Å². The SMILES string of the molecule is Cc1sc(C(=O)OCC2(CC#N)CC2)cc1N. The summed E-state index contributed by atoms with van der Waals surface area (Å²) in [5.41, 5.74) is 6.24. The maximum atomic E-state index is 11.7. The standard InChI is InChI=1S/C12H14N2O2S/c1-8-9(14)6-10(17-8)11(15)16-7-12(2-3-12)4-5-13/h6H,2-4,7,14H2,1H3. The highest BCUT2D eigenvalue weighted by molar-refractivity contribution is 7.14. The molecule has 0 atom stereocenters. The zero-order chi connectivity index (χ0) is 12.5. The van der Waals surface area contributed by atoms with Crippen molar-refractivity contribution in [2.75, 3.05) is 12.3 Å². The lowest BCUT2D eigenvalue weighted by Gasteiger charge is -2.10. The molecule has 17 heavy (non-hydrogen) atoms. The summed E-state index contributed by atoms with van der Waals surface area (Å²) in [7, 11) is 0. The second-order valence-electron chi connectivity index (χ2n) is 4.53. The smallest absolute Gasteiger partial charge is 0.348 e. The lowest BCUT2D eigenvalue weighted by Crippen LogP contribution is -2.14. The number of rotatable bonds is 4. The number of nitriles is 1. The van der Waals surface area contributed by atoms with E-state index in [0.29, 0.717) is 23.6 Å². The maximum absolute atomic E-state index is 11.7. The van der Waals surface area contributed by atoms with Crippen LogP contribution in [0, 0.1) is 23.7 Å². The van der Waals surface area contributed by atoms with E-state index < -0.39 is 0 Å². The van der Waals surface area contributed by atoms with Gasteiger partial charge in [0.1, 0.15) is 4.88 Å². The largest absolute Gasteiger partial charge is 0.461 e. The van der Waals surface area contributed by atoms with Gasteiger partial charge in [-0.3, -0.25) is 0 Å². The first kappa shape index (κ1) is 11.9. The highest BCUT2D eigenvalue weighted by Crippen LogP contribution is 2.48. The molecule has 4 nitrogen and oxygen atoms in total. The molecule has 0 bridgehead atoms. The van der Waals surface area contributed by atoms with Crippen LogP contribution in [-0.4, -0.2) is 12.6 Å². The number of aryl methyl sites for hydroxylation is 1. The fourth-order valence-electron chi connectivity index (χ4n) is 1.60. The van der Waals surface area contributed by atoms with Gasteiger partial charge in [0.05, 0.1) is 12.7 Å². The van der Waals surface area contributed by atoms with Gasteiger partial charge in [0.2, 0.25) is 0 Å². The van der Waals surface area contributed by atoms with E-state index in [1.54, 1.807) is 6.07 Å². The van der Waals surface area contributed by atoms with E-state index in [4.69, 9.17) is 15.7 Å². The Bertz CT molecular complexity index is 464. The van der Waals surface area contributed by atoms with Gasteiger partial charge in [0.25, 0.3) is 0 Å². The molecule has 1 fully saturated rings. The van der Waals surface area contributed by atoms with Gasteiger partial charge in [-0.25, -0.2) is 4.79 Å². The van der Waals surface area contributed by atoms with Crippen LogP contribution in [0.25, 0.3) is 0 Å². The predicted octanol–water partition coefficient (Wildman–Crippen LogP) is 2.49. The molecular weight excluding hydrogens is 236 g/mol. The summed E-state index contributed by atoms with van der Waals surface area (Å²) in [5.74, 6) is -0.334. The second-order valence-corrected chi connectivity index (χ2v) is 5.79. The van der Waals surface area contributed by atoms with Gasteiger partial charge in [0, 0.05) is 22.4 Å². The number of hydrogen-bond donors (Lipinski definition) is 1. The molecule has 1 aliphatic rings. The molecule has 1 aromatic rings. The highest BCUT2D eigenvalue weighted by Gasteiger charge is 2.43. The molecule has 0 unspecified atom stereocenters. The van der Waals surface area contributed by atoms with Crippen molar-refractivity contribution < 1.29 is 9.53 Å². The second kappa shape index (κ2) is 4.38. The van der Waals surface area contributed by atoms with E-state index in [-0.39, 0.29) is 11.4 Å². The molecule has 2 rings (SSSR count). The number of carbonyl (C=O) groups excluding carboxylic acids is 1. The third-order valence-electron chi connectivity index (χ3n) is 3.08. The Hall–Kier alpha value is -1.54. The molecule has 1 heterocycles. The van der Waals surface area contributed by atoms with Gasteiger partial charge >= 0.3 is 5.97 Å². The molecule has 1 aromatic heterocycles. The third kappa shape index (κ3) is 2.59. The molecule has 5 heteroatoms. The number of anilines is 1. The molecule has 2 N–H and O–H groups in total. The first-order valence-electron chi connectivity index (χ1n) is 5.46. The van der Waals surface area contributed by atoms with Gasteiger partial charge in [-0.15, -0.1) is 11.3 Å². The maximum Gasteiger partial charge on any atom is 0.348 e. The van der Waals surface area contributed by atoms with Crippen LogP contribution in [0.1, 0.15) is 33.8 Å². The molecule has 0 radical (unpaired) electrons. The average molecular weight is 250 g/mol. The molecule has 0 saturated heterocycles. The summed E-state index contributed by atoms with van der Waals surface area (Å²) in [6.45, 7) is 2.21. The fourth-order valence-corrected chi connectivity index (χ4v) is 2.44. The molecular formula is C12H14N2O2S. The average Bonchev–Trinajstić information content (AvgIpc) is 2.97. The molecule has 0 spiro atoms. The monoisotopic (exact) mass is 250 g/mol. The summed E-state index contributed by atoms with van der Waals surface area (Å²) < 4.78 is 5.24. The van der Waals surface area contributed by atoms with Crippen molar-refractivity contribution in [3.8, 4) is 6.07 Å². The molecule has 0 amide bonds. The first-order valence-corrected chi connectivity index (χ1v) is 6.28. The van der Waals surface area contributed by atoms with E-state index in [9.17, 15) is 4.79 Å². The van der Waals surface area contributed by atoms with Gasteiger partial charge in [-0.1, -0.05) is 0 Å². The Morgan fingerprint density at radius 1 is 1.71 bits per heavy atom. The van der Waals surface area contributed by atoms with Crippen LogP contribution in [0.3, 0.4) is 0 Å².